The second-order valence-electron chi connectivity index (χ2n) is 8.29. The molecule has 0 bridgehead atoms. The van der Waals surface area contributed by atoms with E-state index >= 15 is 0 Å². The average Bonchev–Trinajstić information content (AvgIpc) is 2.79. The van der Waals surface area contributed by atoms with Crippen LogP contribution >= 0.6 is 11.6 Å². The molecule has 0 aromatic heterocycles. The van der Waals surface area contributed by atoms with Gasteiger partial charge in [-0.25, -0.2) is 8.42 Å². The first-order valence-electron chi connectivity index (χ1n) is 10.5. The molecule has 1 amide bonds. The lowest BCUT2D eigenvalue weighted by Gasteiger charge is -2.37. The van der Waals surface area contributed by atoms with Gasteiger partial charge in [0, 0.05) is 37.3 Å². The quantitative estimate of drug-likeness (QED) is 0.485. The number of carbonyl (C=O) groups excluding carboxylic acids is 1. The summed E-state index contributed by atoms with van der Waals surface area (Å²) in [5.74, 6) is 0.164. The zero-order valence-electron chi connectivity index (χ0n) is 17.6. The van der Waals surface area contributed by atoms with Gasteiger partial charge in [0.15, 0.2) is 0 Å². The van der Waals surface area contributed by atoms with E-state index in [4.69, 9.17) is 11.6 Å². The molecule has 1 atom stereocenters. The highest BCUT2D eigenvalue weighted by Crippen LogP contribution is 2.37. The molecule has 2 heterocycles. The van der Waals surface area contributed by atoms with Crippen molar-refractivity contribution >= 4 is 38.9 Å². The van der Waals surface area contributed by atoms with Crippen LogP contribution in [0.4, 0.5) is 11.4 Å². The highest BCUT2D eigenvalue weighted by atomic mass is 35.5. The Morgan fingerprint density at radius 2 is 1.78 bits per heavy atom. The fourth-order valence-corrected chi connectivity index (χ4v) is 6.16. The lowest BCUT2D eigenvalue weighted by Crippen LogP contribution is -2.46. The zero-order chi connectivity index (χ0) is 23.0. The van der Waals surface area contributed by atoms with E-state index < -0.39 is 20.6 Å². The number of sulfonamides is 1. The van der Waals surface area contributed by atoms with Gasteiger partial charge in [0.1, 0.15) is 5.02 Å². The Labute approximate surface area is 192 Å². The van der Waals surface area contributed by atoms with Crippen LogP contribution in [0.5, 0.6) is 0 Å². The number of anilines is 1. The van der Waals surface area contributed by atoms with E-state index in [1.807, 2.05) is 23.1 Å². The van der Waals surface area contributed by atoms with Crippen molar-refractivity contribution < 1.29 is 18.1 Å². The van der Waals surface area contributed by atoms with Gasteiger partial charge in [-0.05, 0) is 48.9 Å². The summed E-state index contributed by atoms with van der Waals surface area (Å²) in [5.41, 5.74) is 1.66. The molecule has 32 heavy (non-hydrogen) atoms. The molecular weight excluding hydrogens is 454 g/mol. The number of piperidine rings is 1. The van der Waals surface area contributed by atoms with E-state index in [1.165, 1.54) is 16.4 Å². The molecule has 0 radical (unpaired) electrons. The number of hydrogen-bond donors (Lipinski definition) is 0. The first kappa shape index (κ1) is 22.7. The van der Waals surface area contributed by atoms with E-state index in [-0.39, 0.29) is 34.8 Å². The molecule has 4 rings (SSSR count). The fourth-order valence-electron chi connectivity index (χ4n) is 4.48. The van der Waals surface area contributed by atoms with E-state index in [2.05, 4.69) is 13.0 Å². The Kier molecular flexibility index (Phi) is 6.24. The van der Waals surface area contributed by atoms with Crippen LogP contribution in [-0.4, -0.2) is 43.2 Å². The molecule has 2 aliphatic rings. The minimum absolute atomic E-state index is 0.0310. The summed E-state index contributed by atoms with van der Waals surface area (Å²) in [6, 6.07) is 11.4. The third-order valence-corrected chi connectivity index (χ3v) is 8.58. The van der Waals surface area contributed by atoms with Gasteiger partial charge in [0.2, 0.25) is 15.9 Å². The largest absolute Gasteiger partial charge is 0.312 e. The van der Waals surface area contributed by atoms with E-state index in [9.17, 15) is 23.3 Å². The molecule has 1 saturated heterocycles. The number of halogens is 1. The molecule has 2 aromatic rings. The number of amides is 1. The number of hydrogen-bond acceptors (Lipinski definition) is 5. The lowest BCUT2D eigenvalue weighted by atomic mass is 9.89. The van der Waals surface area contributed by atoms with E-state index in [0.717, 1.165) is 23.7 Å². The van der Waals surface area contributed by atoms with Crippen LogP contribution in [0.2, 0.25) is 5.02 Å². The minimum atomic E-state index is -3.92. The Bertz CT molecular complexity index is 1160. The smallest absolute Gasteiger partial charge is 0.289 e. The number of nitrogens with zero attached hydrogens (tertiary/aromatic N) is 3. The van der Waals surface area contributed by atoms with Crippen molar-refractivity contribution in [3.05, 3.63) is 63.2 Å². The van der Waals surface area contributed by atoms with Gasteiger partial charge in [-0.2, -0.15) is 4.31 Å². The molecule has 8 nitrogen and oxygen atoms in total. The summed E-state index contributed by atoms with van der Waals surface area (Å²) >= 11 is 5.81. The van der Waals surface area contributed by atoms with Crippen LogP contribution in [-0.2, 0) is 14.8 Å². The van der Waals surface area contributed by atoms with Crippen LogP contribution < -0.4 is 4.90 Å². The average molecular weight is 478 g/mol. The van der Waals surface area contributed by atoms with E-state index in [0.29, 0.717) is 25.3 Å². The third-order valence-electron chi connectivity index (χ3n) is 6.37. The van der Waals surface area contributed by atoms with Gasteiger partial charge >= 0.3 is 0 Å². The van der Waals surface area contributed by atoms with Crippen LogP contribution in [0.1, 0.15) is 37.7 Å². The Morgan fingerprint density at radius 1 is 1.09 bits per heavy atom. The molecule has 10 heteroatoms. The molecule has 0 spiro atoms. The second-order valence-corrected chi connectivity index (χ2v) is 10.6. The first-order valence-corrected chi connectivity index (χ1v) is 12.4. The van der Waals surface area contributed by atoms with Crippen molar-refractivity contribution in [2.45, 2.75) is 37.0 Å². The summed E-state index contributed by atoms with van der Waals surface area (Å²) in [6.07, 6.45) is 1.70. The highest BCUT2D eigenvalue weighted by Gasteiger charge is 2.36. The van der Waals surface area contributed by atoms with Gasteiger partial charge in [0.05, 0.1) is 9.82 Å². The number of carbonyl (C=O) groups is 1. The van der Waals surface area contributed by atoms with Crippen molar-refractivity contribution in [1.82, 2.24) is 4.31 Å². The normalized spacial score (nSPS) is 20.1. The number of para-hydroxylation sites is 1. The summed E-state index contributed by atoms with van der Waals surface area (Å²) < 4.78 is 27.3. The molecule has 0 N–H and O–H groups in total. The van der Waals surface area contributed by atoms with Crippen molar-refractivity contribution in [3.8, 4) is 0 Å². The predicted octanol–water partition coefficient (Wildman–Crippen LogP) is 4.19. The third kappa shape index (κ3) is 4.12. The standard InChI is InChI=1S/C22H24ClN3O5S/c1-15-8-13-25(20-5-3-2-4-18(15)20)22(27)16-9-11-24(12-10-16)32(30,31)17-6-7-19(23)21(14-17)26(28)29/h2-7,14-16H,8-13H2,1H3. The fraction of sp³-hybridized carbons (Fsp3) is 0.409. The Balaban J connectivity index is 1.48. The molecule has 2 aromatic carbocycles. The van der Waals surface area contributed by atoms with Crippen molar-refractivity contribution in [1.29, 1.82) is 0 Å². The van der Waals surface area contributed by atoms with Gasteiger partial charge in [-0.15, -0.1) is 0 Å². The summed E-state index contributed by atoms with van der Waals surface area (Å²) in [6.45, 7) is 3.18. The molecule has 2 aliphatic heterocycles. The van der Waals surface area contributed by atoms with Gasteiger partial charge in [-0.3, -0.25) is 14.9 Å². The zero-order valence-corrected chi connectivity index (χ0v) is 19.2. The first-order chi connectivity index (χ1) is 15.2. The lowest BCUT2D eigenvalue weighted by molar-refractivity contribution is -0.384. The molecule has 1 unspecified atom stereocenters. The maximum absolute atomic E-state index is 13.3. The monoisotopic (exact) mass is 477 g/mol. The number of nitro groups is 1. The van der Waals surface area contributed by atoms with Crippen molar-refractivity contribution in [2.24, 2.45) is 5.92 Å². The van der Waals surface area contributed by atoms with Crippen molar-refractivity contribution in [3.63, 3.8) is 0 Å². The number of fused-ring (bicyclic) bond motifs is 1. The number of nitro benzene ring substituents is 1. The molecule has 1 fully saturated rings. The summed E-state index contributed by atoms with van der Waals surface area (Å²) in [7, 11) is -3.92. The van der Waals surface area contributed by atoms with Gasteiger partial charge in [0.25, 0.3) is 5.69 Å². The second kappa shape index (κ2) is 8.80. The van der Waals surface area contributed by atoms with Gasteiger partial charge < -0.3 is 4.90 Å². The van der Waals surface area contributed by atoms with Crippen LogP contribution in [0, 0.1) is 16.0 Å². The molecule has 0 saturated carbocycles. The SMILES string of the molecule is CC1CCN(C(=O)C2CCN(S(=O)(=O)c3ccc(Cl)c([N+](=O)[O-])c3)CC2)c2ccccc21. The topological polar surface area (TPSA) is 101 Å². The number of benzene rings is 2. The number of rotatable bonds is 4. The van der Waals surface area contributed by atoms with Crippen LogP contribution in [0.25, 0.3) is 0 Å². The Morgan fingerprint density at radius 3 is 2.47 bits per heavy atom. The summed E-state index contributed by atoms with van der Waals surface area (Å²) in [4.78, 5) is 25.4. The van der Waals surface area contributed by atoms with Crippen molar-refractivity contribution in [2.75, 3.05) is 24.5 Å². The predicted molar refractivity (Wildman–Crippen MR) is 121 cm³/mol. The maximum atomic E-state index is 13.3. The molecule has 0 aliphatic carbocycles. The Hall–Kier alpha value is -2.49. The summed E-state index contributed by atoms with van der Waals surface area (Å²) in [5, 5.41) is 11.0. The van der Waals surface area contributed by atoms with E-state index in [1.54, 1.807) is 0 Å². The van der Waals surface area contributed by atoms with Crippen LogP contribution in [0.3, 0.4) is 0 Å². The minimum Gasteiger partial charge on any atom is -0.312 e. The highest BCUT2D eigenvalue weighted by molar-refractivity contribution is 7.89. The maximum Gasteiger partial charge on any atom is 0.289 e. The van der Waals surface area contributed by atoms with Gasteiger partial charge in [-0.1, -0.05) is 36.7 Å². The van der Waals surface area contributed by atoms with Crippen LogP contribution in [0.15, 0.2) is 47.4 Å². The molecule has 170 valence electrons. The molecular formula is C22H24ClN3O5S.